The van der Waals surface area contributed by atoms with Crippen LogP contribution in [0.15, 0.2) is 23.1 Å². The number of H-pyrrole nitrogens is 1. The summed E-state index contributed by atoms with van der Waals surface area (Å²) in [6, 6.07) is 2.83. The Morgan fingerprint density at radius 1 is 1.46 bits per heavy atom. The van der Waals surface area contributed by atoms with Crippen LogP contribution in [-0.4, -0.2) is 10.2 Å². The first-order valence-electron chi connectivity index (χ1n) is 3.82. The Morgan fingerprint density at radius 3 is 3.00 bits per heavy atom. The Hall–Kier alpha value is -1.71. The molecule has 0 saturated carbocycles. The van der Waals surface area contributed by atoms with Crippen LogP contribution in [-0.2, 0) is 0 Å². The Kier molecular flexibility index (Phi) is 1.62. The van der Waals surface area contributed by atoms with E-state index >= 15 is 0 Å². The fourth-order valence-electron chi connectivity index (χ4n) is 1.22. The standard InChI is InChI=1S/C9H7FN2O/c1-5-2-7-6(3-8(5)10)4-11-12-9(7)13/h2-4H,1H3,(H,12,13). The van der Waals surface area contributed by atoms with Crippen LogP contribution in [0.1, 0.15) is 5.56 Å². The van der Waals surface area contributed by atoms with Gasteiger partial charge < -0.3 is 0 Å². The predicted molar refractivity (Wildman–Crippen MR) is 47.1 cm³/mol. The molecule has 4 heteroatoms. The highest BCUT2D eigenvalue weighted by Crippen LogP contribution is 2.13. The highest BCUT2D eigenvalue weighted by Gasteiger charge is 2.02. The van der Waals surface area contributed by atoms with E-state index in [1.54, 1.807) is 6.92 Å². The molecule has 0 saturated heterocycles. The fraction of sp³-hybridized carbons (Fsp3) is 0.111. The Morgan fingerprint density at radius 2 is 2.23 bits per heavy atom. The summed E-state index contributed by atoms with van der Waals surface area (Å²) in [6.07, 6.45) is 1.43. The van der Waals surface area contributed by atoms with Gasteiger partial charge in [-0.25, -0.2) is 9.49 Å². The Bertz CT molecular complexity index is 518. The second-order valence-corrected chi connectivity index (χ2v) is 2.89. The quantitative estimate of drug-likeness (QED) is 0.662. The number of halogens is 1. The second-order valence-electron chi connectivity index (χ2n) is 2.89. The average Bonchev–Trinajstić information content (AvgIpc) is 2.09. The average molecular weight is 178 g/mol. The normalized spacial score (nSPS) is 10.6. The molecule has 1 aromatic heterocycles. The van der Waals surface area contributed by atoms with E-state index < -0.39 is 0 Å². The van der Waals surface area contributed by atoms with E-state index in [0.717, 1.165) is 0 Å². The lowest BCUT2D eigenvalue weighted by Gasteiger charge is -1.98. The van der Waals surface area contributed by atoms with Crippen molar-refractivity contribution < 1.29 is 4.39 Å². The number of hydrogen-bond donors (Lipinski definition) is 1. The first-order chi connectivity index (χ1) is 6.18. The van der Waals surface area contributed by atoms with Gasteiger partial charge in [-0.05, 0) is 24.6 Å². The lowest BCUT2D eigenvalue weighted by atomic mass is 10.1. The second kappa shape index (κ2) is 2.65. The van der Waals surface area contributed by atoms with Gasteiger partial charge in [0.15, 0.2) is 0 Å². The molecule has 0 fully saturated rings. The van der Waals surface area contributed by atoms with Crippen LogP contribution < -0.4 is 5.56 Å². The zero-order valence-electron chi connectivity index (χ0n) is 6.97. The molecule has 0 aliphatic rings. The maximum atomic E-state index is 13.0. The molecule has 1 heterocycles. The number of rotatable bonds is 0. The number of nitrogens with one attached hydrogen (secondary N) is 1. The van der Waals surface area contributed by atoms with Crippen LogP contribution in [0.2, 0.25) is 0 Å². The number of hydrogen-bond acceptors (Lipinski definition) is 2. The fourth-order valence-corrected chi connectivity index (χ4v) is 1.22. The van der Waals surface area contributed by atoms with E-state index in [0.29, 0.717) is 16.3 Å². The summed E-state index contributed by atoms with van der Waals surface area (Å²) >= 11 is 0. The predicted octanol–water partition coefficient (Wildman–Crippen LogP) is 1.37. The minimum Gasteiger partial charge on any atom is -0.267 e. The van der Waals surface area contributed by atoms with Crippen molar-refractivity contribution in [3.63, 3.8) is 0 Å². The van der Waals surface area contributed by atoms with Gasteiger partial charge in [-0.15, -0.1) is 0 Å². The number of fused-ring (bicyclic) bond motifs is 1. The molecular weight excluding hydrogens is 171 g/mol. The molecule has 13 heavy (non-hydrogen) atoms. The van der Waals surface area contributed by atoms with Gasteiger partial charge in [0, 0.05) is 5.39 Å². The number of aromatic nitrogens is 2. The smallest absolute Gasteiger partial charge is 0.267 e. The zero-order valence-corrected chi connectivity index (χ0v) is 6.97. The molecule has 0 radical (unpaired) electrons. The molecule has 2 rings (SSSR count). The van der Waals surface area contributed by atoms with Crippen molar-refractivity contribution in [3.8, 4) is 0 Å². The molecule has 66 valence electrons. The highest BCUT2D eigenvalue weighted by molar-refractivity contribution is 5.81. The highest BCUT2D eigenvalue weighted by atomic mass is 19.1. The van der Waals surface area contributed by atoms with Gasteiger partial charge in [-0.2, -0.15) is 5.10 Å². The van der Waals surface area contributed by atoms with Gasteiger partial charge in [-0.3, -0.25) is 4.79 Å². The minimum atomic E-state index is -0.320. The molecule has 0 bridgehead atoms. The van der Waals surface area contributed by atoms with Crippen LogP contribution >= 0.6 is 0 Å². The molecular formula is C9H7FN2O. The van der Waals surface area contributed by atoms with Crippen molar-refractivity contribution in [1.29, 1.82) is 0 Å². The van der Waals surface area contributed by atoms with E-state index in [4.69, 9.17) is 0 Å². The number of benzene rings is 1. The van der Waals surface area contributed by atoms with Crippen LogP contribution in [0.3, 0.4) is 0 Å². The maximum absolute atomic E-state index is 13.0. The lowest BCUT2D eigenvalue weighted by molar-refractivity contribution is 0.620. The van der Waals surface area contributed by atoms with E-state index in [2.05, 4.69) is 10.2 Å². The Balaban J connectivity index is 2.97. The molecule has 0 spiro atoms. The third kappa shape index (κ3) is 1.20. The first kappa shape index (κ1) is 7.91. The van der Waals surface area contributed by atoms with Gasteiger partial charge in [0.25, 0.3) is 5.56 Å². The first-order valence-corrected chi connectivity index (χ1v) is 3.82. The van der Waals surface area contributed by atoms with Crippen LogP contribution in [0, 0.1) is 12.7 Å². The zero-order chi connectivity index (χ0) is 9.42. The lowest BCUT2D eigenvalue weighted by Crippen LogP contribution is -2.07. The van der Waals surface area contributed by atoms with Crippen molar-refractivity contribution in [3.05, 3.63) is 40.1 Å². The molecule has 3 nitrogen and oxygen atoms in total. The SMILES string of the molecule is Cc1cc2c(=O)[nH]ncc2cc1F. The van der Waals surface area contributed by atoms with Gasteiger partial charge in [0.1, 0.15) is 5.82 Å². The topological polar surface area (TPSA) is 45.8 Å². The van der Waals surface area contributed by atoms with Gasteiger partial charge in [-0.1, -0.05) is 0 Å². The molecule has 1 aromatic carbocycles. The monoisotopic (exact) mass is 178 g/mol. The third-order valence-electron chi connectivity index (χ3n) is 1.95. The van der Waals surface area contributed by atoms with E-state index in [9.17, 15) is 9.18 Å². The number of aromatic amines is 1. The summed E-state index contributed by atoms with van der Waals surface area (Å²) in [7, 11) is 0. The summed E-state index contributed by atoms with van der Waals surface area (Å²) < 4.78 is 13.0. The van der Waals surface area contributed by atoms with Gasteiger partial charge in [0.2, 0.25) is 0 Å². The summed E-state index contributed by atoms with van der Waals surface area (Å²) in [5.41, 5.74) is 0.171. The largest absolute Gasteiger partial charge is 0.272 e. The molecule has 0 unspecified atom stereocenters. The Labute approximate surface area is 73.2 Å². The van der Waals surface area contributed by atoms with E-state index in [1.807, 2.05) is 0 Å². The van der Waals surface area contributed by atoms with Crippen molar-refractivity contribution in [2.75, 3.05) is 0 Å². The van der Waals surface area contributed by atoms with Crippen molar-refractivity contribution >= 4 is 10.8 Å². The third-order valence-corrected chi connectivity index (χ3v) is 1.95. The molecule has 0 aliphatic carbocycles. The minimum absolute atomic E-state index is 0.291. The summed E-state index contributed by atoms with van der Waals surface area (Å²) in [5.74, 6) is -0.320. The van der Waals surface area contributed by atoms with Crippen molar-refractivity contribution in [2.24, 2.45) is 0 Å². The van der Waals surface area contributed by atoms with Crippen LogP contribution in [0.25, 0.3) is 10.8 Å². The molecule has 2 aromatic rings. The van der Waals surface area contributed by atoms with Crippen molar-refractivity contribution in [1.82, 2.24) is 10.2 Å². The van der Waals surface area contributed by atoms with Crippen LogP contribution in [0.5, 0.6) is 0 Å². The van der Waals surface area contributed by atoms with E-state index in [-0.39, 0.29) is 11.4 Å². The number of nitrogens with zero attached hydrogens (tertiary/aromatic N) is 1. The molecule has 0 amide bonds. The number of aryl methyl sites for hydroxylation is 1. The van der Waals surface area contributed by atoms with Crippen molar-refractivity contribution in [2.45, 2.75) is 6.92 Å². The molecule has 1 N–H and O–H groups in total. The van der Waals surface area contributed by atoms with E-state index in [1.165, 1.54) is 18.3 Å². The van der Waals surface area contributed by atoms with Crippen LogP contribution in [0.4, 0.5) is 4.39 Å². The molecule has 0 aliphatic heterocycles. The summed E-state index contributed by atoms with van der Waals surface area (Å²) in [5, 5.41) is 6.86. The molecule has 0 atom stereocenters. The summed E-state index contributed by atoms with van der Waals surface area (Å²) in [6.45, 7) is 1.62. The summed E-state index contributed by atoms with van der Waals surface area (Å²) in [4.78, 5) is 11.2. The van der Waals surface area contributed by atoms with Gasteiger partial charge in [0.05, 0.1) is 11.6 Å². The maximum Gasteiger partial charge on any atom is 0.272 e. The van der Waals surface area contributed by atoms with Gasteiger partial charge >= 0.3 is 0 Å².